The number of hydrogen-bond donors (Lipinski definition) is 1. The molecule has 1 N–H and O–H groups in total. The van der Waals surface area contributed by atoms with Crippen molar-refractivity contribution in [3.8, 4) is 5.69 Å². The van der Waals surface area contributed by atoms with E-state index in [0.717, 1.165) is 43.5 Å². The number of benzene rings is 1. The molecule has 2 aromatic rings. The van der Waals surface area contributed by atoms with Gasteiger partial charge in [-0.1, -0.05) is 23.2 Å². The fraction of sp³-hybridized carbons (Fsp3) is 0.400. The van der Waals surface area contributed by atoms with Crippen LogP contribution in [0, 0.1) is 6.92 Å². The van der Waals surface area contributed by atoms with Crippen molar-refractivity contribution in [2.24, 2.45) is 0 Å². The number of nitrogens with one attached hydrogen (secondary N) is 1. The number of rotatable bonds is 7. The second-order valence-electron chi connectivity index (χ2n) is 4.65. The van der Waals surface area contributed by atoms with Crippen molar-refractivity contribution in [2.45, 2.75) is 20.3 Å². The molecule has 4 nitrogen and oxygen atoms in total. The first kappa shape index (κ1) is 16.1. The molecular formula is C15H19Cl2N3O. The van der Waals surface area contributed by atoms with Crippen LogP contribution < -0.4 is 5.32 Å². The van der Waals surface area contributed by atoms with E-state index in [-0.39, 0.29) is 0 Å². The highest BCUT2D eigenvalue weighted by atomic mass is 35.5. The predicted molar refractivity (Wildman–Crippen MR) is 87.9 cm³/mol. The van der Waals surface area contributed by atoms with Crippen LogP contribution in [0.1, 0.15) is 19.0 Å². The van der Waals surface area contributed by atoms with Crippen molar-refractivity contribution in [1.82, 2.24) is 9.55 Å². The average Bonchev–Trinajstić information content (AvgIpc) is 2.82. The maximum absolute atomic E-state index is 6.26. The molecule has 0 spiro atoms. The highest BCUT2D eigenvalue weighted by molar-refractivity contribution is 6.34. The number of aromatic nitrogens is 2. The molecule has 0 radical (unpaired) electrons. The van der Waals surface area contributed by atoms with Crippen LogP contribution in [0.5, 0.6) is 0 Å². The van der Waals surface area contributed by atoms with Gasteiger partial charge in [-0.2, -0.15) is 0 Å². The molecule has 0 aliphatic rings. The molecule has 1 aromatic carbocycles. The van der Waals surface area contributed by atoms with Gasteiger partial charge in [-0.3, -0.25) is 4.57 Å². The molecule has 114 valence electrons. The van der Waals surface area contributed by atoms with Crippen LogP contribution in [0.25, 0.3) is 5.69 Å². The van der Waals surface area contributed by atoms with Crippen LogP contribution in [0.3, 0.4) is 0 Å². The van der Waals surface area contributed by atoms with Gasteiger partial charge in [-0.05, 0) is 38.5 Å². The van der Waals surface area contributed by atoms with Crippen LogP contribution in [-0.2, 0) is 4.74 Å². The minimum Gasteiger partial charge on any atom is -0.382 e. The Kier molecular flexibility index (Phi) is 5.91. The molecule has 2 rings (SSSR count). The molecule has 0 bridgehead atoms. The number of ether oxygens (including phenoxy) is 1. The molecule has 0 amide bonds. The second kappa shape index (κ2) is 7.69. The van der Waals surface area contributed by atoms with E-state index in [9.17, 15) is 0 Å². The summed E-state index contributed by atoms with van der Waals surface area (Å²) >= 11 is 12.3. The Bertz CT molecular complexity index is 599. The van der Waals surface area contributed by atoms with Crippen molar-refractivity contribution in [3.63, 3.8) is 0 Å². The topological polar surface area (TPSA) is 39.1 Å². The number of nitrogens with zero attached hydrogens (tertiary/aromatic N) is 2. The summed E-state index contributed by atoms with van der Waals surface area (Å²) in [7, 11) is 0. The largest absolute Gasteiger partial charge is 0.382 e. The molecule has 0 saturated carbocycles. The standard InChI is InChI=1S/C15H19Cl2N3O/c1-3-21-8-4-7-18-15-19-11(2)10-20(15)14-9-12(16)5-6-13(14)17/h5-6,9-10H,3-4,7-8H2,1-2H3,(H,18,19). The number of imidazole rings is 1. The molecule has 6 heteroatoms. The summed E-state index contributed by atoms with van der Waals surface area (Å²) in [5, 5.41) is 4.58. The molecule has 0 saturated heterocycles. The van der Waals surface area contributed by atoms with E-state index < -0.39 is 0 Å². The van der Waals surface area contributed by atoms with E-state index >= 15 is 0 Å². The zero-order valence-corrected chi connectivity index (χ0v) is 13.7. The van der Waals surface area contributed by atoms with E-state index in [1.165, 1.54) is 0 Å². The number of hydrogen-bond acceptors (Lipinski definition) is 3. The van der Waals surface area contributed by atoms with Crippen molar-refractivity contribution in [2.75, 3.05) is 25.1 Å². The Balaban J connectivity index is 2.14. The highest BCUT2D eigenvalue weighted by Crippen LogP contribution is 2.27. The van der Waals surface area contributed by atoms with Crippen molar-refractivity contribution in [1.29, 1.82) is 0 Å². The summed E-state index contributed by atoms with van der Waals surface area (Å²) in [5.41, 5.74) is 1.73. The van der Waals surface area contributed by atoms with Gasteiger partial charge in [-0.15, -0.1) is 0 Å². The van der Waals surface area contributed by atoms with Gasteiger partial charge in [-0.25, -0.2) is 4.98 Å². The van der Waals surface area contributed by atoms with Gasteiger partial charge < -0.3 is 10.1 Å². The van der Waals surface area contributed by atoms with E-state index in [4.69, 9.17) is 27.9 Å². The van der Waals surface area contributed by atoms with E-state index in [1.807, 2.05) is 30.7 Å². The SMILES string of the molecule is CCOCCCNc1nc(C)cn1-c1cc(Cl)ccc1Cl. The Morgan fingerprint density at radius 3 is 2.90 bits per heavy atom. The zero-order valence-electron chi connectivity index (χ0n) is 12.2. The lowest BCUT2D eigenvalue weighted by atomic mass is 10.3. The molecular weight excluding hydrogens is 309 g/mol. The lowest BCUT2D eigenvalue weighted by Gasteiger charge is -2.11. The predicted octanol–water partition coefficient (Wildman–Crippen LogP) is 4.33. The minimum atomic E-state index is 0.633. The first-order valence-electron chi connectivity index (χ1n) is 6.95. The Hall–Kier alpha value is -1.23. The molecule has 21 heavy (non-hydrogen) atoms. The molecule has 0 aliphatic heterocycles. The van der Waals surface area contributed by atoms with Crippen molar-refractivity contribution < 1.29 is 4.74 Å². The van der Waals surface area contributed by atoms with Gasteiger partial charge >= 0.3 is 0 Å². The molecule has 0 fully saturated rings. The van der Waals surface area contributed by atoms with Gasteiger partial charge in [0.1, 0.15) is 0 Å². The van der Waals surface area contributed by atoms with Gasteiger partial charge in [0, 0.05) is 31.0 Å². The second-order valence-corrected chi connectivity index (χ2v) is 5.49. The molecule has 0 atom stereocenters. The first-order valence-corrected chi connectivity index (χ1v) is 7.70. The smallest absolute Gasteiger partial charge is 0.207 e. The Labute approximate surface area is 135 Å². The number of aryl methyl sites for hydroxylation is 1. The average molecular weight is 328 g/mol. The fourth-order valence-electron chi connectivity index (χ4n) is 2.00. The highest BCUT2D eigenvalue weighted by Gasteiger charge is 2.10. The first-order chi connectivity index (χ1) is 10.1. The Morgan fingerprint density at radius 1 is 1.33 bits per heavy atom. The van der Waals surface area contributed by atoms with E-state index in [1.54, 1.807) is 12.1 Å². The van der Waals surface area contributed by atoms with E-state index in [2.05, 4.69) is 10.3 Å². The Morgan fingerprint density at radius 2 is 2.14 bits per heavy atom. The molecule has 1 aromatic heterocycles. The molecule has 1 heterocycles. The third-order valence-corrected chi connectivity index (χ3v) is 3.50. The summed E-state index contributed by atoms with van der Waals surface area (Å²) < 4.78 is 7.24. The van der Waals surface area contributed by atoms with Crippen molar-refractivity contribution in [3.05, 3.63) is 40.1 Å². The summed E-state index contributed by atoms with van der Waals surface area (Å²) in [6.07, 6.45) is 2.85. The van der Waals surface area contributed by atoms with Crippen LogP contribution in [0.4, 0.5) is 5.95 Å². The van der Waals surface area contributed by atoms with Crippen LogP contribution in [-0.4, -0.2) is 29.3 Å². The summed E-state index contributed by atoms with van der Waals surface area (Å²) in [5.74, 6) is 0.758. The van der Waals surface area contributed by atoms with Crippen molar-refractivity contribution >= 4 is 29.2 Å². The van der Waals surface area contributed by atoms with Gasteiger partial charge in [0.05, 0.1) is 16.4 Å². The number of halogens is 2. The van der Waals surface area contributed by atoms with Crippen LogP contribution in [0.15, 0.2) is 24.4 Å². The third-order valence-electron chi connectivity index (χ3n) is 2.95. The van der Waals surface area contributed by atoms with Gasteiger partial charge in [0.25, 0.3) is 0 Å². The minimum absolute atomic E-state index is 0.633. The summed E-state index contributed by atoms with van der Waals surface area (Å²) in [4.78, 5) is 4.48. The lowest BCUT2D eigenvalue weighted by molar-refractivity contribution is 0.147. The lowest BCUT2D eigenvalue weighted by Crippen LogP contribution is -2.10. The summed E-state index contributed by atoms with van der Waals surface area (Å²) in [6, 6.07) is 5.39. The normalized spacial score (nSPS) is 10.9. The molecule has 0 aliphatic carbocycles. The third kappa shape index (κ3) is 4.37. The van der Waals surface area contributed by atoms with Gasteiger partial charge in [0.2, 0.25) is 5.95 Å². The zero-order chi connectivity index (χ0) is 15.2. The van der Waals surface area contributed by atoms with Gasteiger partial charge in [0.15, 0.2) is 0 Å². The van der Waals surface area contributed by atoms with E-state index in [0.29, 0.717) is 10.0 Å². The number of anilines is 1. The van der Waals surface area contributed by atoms with Crippen LogP contribution >= 0.6 is 23.2 Å². The molecule has 0 unspecified atom stereocenters. The summed E-state index contributed by atoms with van der Waals surface area (Å²) in [6.45, 7) is 6.20. The quantitative estimate of drug-likeness (QED) is 0.769. The van der Waals surface area contributed by atoms with Crippen LogP contribution in [0.2, 0.25) is 10.0 Å². The maximum atomic E-state index is 6.26. The maximum Gasteiger partial charge on any atom is 0.207 e. The monoisotopic (exact) mass is 327 g/mol. The fourth-order valence-corrected chi connectivity index (χ4v) is 2.37.